The van der Waals surface area contributed by atoms with Crippen LogP contribution in [0, 0.1) is 0 Å². The number of aromatic nitrogens is 1. The maximum Gasteiger partial charge on any atom is 0.354 e. The van der Waals surface area contributed by atoms with Gasteiger partial charge in [0, 0.05) is 19.2 Å². The van der Waals surface area contributed by atoms with E-state index in [1.165, 1.54) is 6.07 Å². The van der Waals surface area contributed by atoms with E-state index in [0.717, 1.165) is 11.3 Å². The Bertz CT molecular complexity index is 491. The zero-order valence-electron chi connectivity index (χ0n) is 9.33. The fraction of sp³-hybridized carbons (Fsp3) is 0.167. The summed E-state index contributed by atoms with van der Waals surface area (Å²) in [5.74, 6) is -1.02. The highest BCUT2D eigenvalue weighted by Gasteiger charge is 2.07. The van der Waals surface area contributed by atoms with Gasteiger partial charge in [-0.05, 0) is 18.2 Å². The van der Waals surface area contributed by atoms with Crippen molar-refractivity contribution in [3.05, 3.63) is 48.2 Å². The van der Waals surface area contributed by atoms with Crippen molar-refractivity contribution in [2.24, 2.45) is 0 Å². The molecule has 2 heterocycles. The molecule has 2 rings (SSSR count). The van der Waals surface area contributed by atoms with Crippen molar-refractivity contribution >= 4 is 11.7 Å². The van der Waals surface area contributed by atoms with Crippen LogP contribution in [0.5, 0.6) is 0 Å². The van der Waals surface area contributed by atoms with Gasteiger partial charge in [-0.2, -0.15) is 0 Å². The van der Waals surface area contributed by atoms with E-state index >= 15 is 0 Å². The number of rotatable bonds is 4. The molecule has 5 nitrogen and oxygen atoms in total. The van der Waals surface area contributed by atoms with Gasteiger partial charge < -0.3 is 14.4 Å². The van der Waals surface area contributed by atoms with Gasteiger partial charge in [0.05, 0.1) is 24.4 Å². The Morgan fingerprint density at radius 3 is 2.82 bits per heavy atom. The molecule has 1 N–H and O–H groups in total. The highest BCUT2D eigenvalue weighted by molar-refractivity contribution is 5.85. The summed E-state index contributed by atoms with van der Waals surface area (Å²) >= 11 is 0. The van der Waals surface area contributed by atoms with E-state index in [-0.39, 0.29) is 5.69 Å². The van der Waals surface area contributed by atoms with Crippen molar-refractivity contribution in [2.45, 2.75) is 6.54 Å². The Morgan fingerprint density at radius 2 is 2.29 bits per heavy atom. The molecule has 2 aromatic heterocycles. The minimum absolute atomic E-state index is 0.0467. The van der Waals surface area contributed by atoms with Crippen molar-refractivity contribution in [2.75, 3.05) is 11.9 Å². The minimum Gasteiger partial charge on any atom is -0.477 e. The number of carboxylic acids is 1. The molecule has 0 radical (unpaired) electrons. The van der Waals surface area contributed by atoms with Gasteiger partial charge in [0.15, 0.2) is 0 Å². The van der Waals surface area contributed by atoms with Gasteiger partial charge in [0.2, 0.25) is 0 Å². The maximum atomic E-state index is 10.6. The third kappa shape index (κ3) is 2.63. The van der Waals surface area contributed by atoms with E-state index in [0.29, 0.717) is 6.54 Å². The number of anilines is 1. The monoisotopic (exact) mass is 232 g/mol. The normalized spacial score (nSPS) is 10.2. The molecule has 88 valence electrons. The fourth-order valence-electron chi connectivity index (χ4n) is 1.49. The molecule has 0 aliphatic rings. The summed E-state index contributed by atoms with van der Waals surface area (Å²) in [4.78, 5) is 16.5. The number of hydrogen-bond acceptors (Lipinski definition) is 4. The van der Waals surface area contributed by atoms with Gasteiger partial charge in [0.1, 0.15) is 5.69 Å². The number of hydrogen-bond donors (Lipinski definition) is 1. The number of pyridine rings is 1. The second kappa shape index (κ2) is 4.69. The Morgan fingerprint density at radius 1 is 1.47 bits per heavy atom. The molecule has 0 atom stereocenters. The summed E-state index contributed by atoms with van der Waals surface area (Å²) in [6, 6.07) is 5.11. The SMILES string of the molecule is CN(Cc1ccoc1)c1ccc(C(=O)O)nc1. The highest BCUT2D eigenvalue weighted by Crippen LogP contribution is 2.14. The largest absolute Gasteiger partial charge is 0.477 e. The van der Waals surface area contributed by atoms with Crippen LogP contribution in [-0.4, -0.2) is 23.1 Å². The van der Waals surface area contributed by atoms with E-state index < -0.39 is 5.97 Å². The molecule has 0 fully saturated rings. The molecule has 0 aliphatic carbocycles. The summed E-state index contributed by atoms with van der Waals surface area (Å²) in [6.07, 6.45) is 4.84. The number of furan rings is 1. The molecule has 0 bridgehead atoms. The van der Waals surface area contributed by atoms with Crippen molar-refractivity contribution < 1.29 is 14.3 Å². The van der Waals surface area contributed by atoms with Crippen LogP contribution in [0.2, 0.25) is 0 Å². The van der Waals surface area contributed by atoms with Gasteiger partial charge >= 0.3 is 5.97 Å². The summed E-state index contributed by atoms with van der Waals surface area (Å²) in [6.45, 7) is 0.685. The Kier molecular flexibility index (Phi) is 3.09. The fourth-order valence-corrected chi connectivity index (χ4v) is 1.49. The third-order valence-electron chi connectivity index (χ3n) is 2.41. The average Bonchev–Trinajstić information content (AvgIpc) is 2.82. The third-order valence-corrected chi connectivity index (χ3v) is 2.41. The van der Waals surface area contributed by atoms with E-state index in [1.807, 2.05) is 18.0 Å². The number of carboxylic acid groups (broad SMARTS) is 1. The molecule has 5 heteroatoms. The molecule has 0 unspecified atom stereocenters. The van der Waals surface area contributed by atoms with Crippen LogP contribution in [0.1, 0.15) is 16.1 Å². The lowest BCUT2D eigenvalue weighted by Gasteiger charge is -2.17. The van der Waals surface area contributed by atoms with E-state index in [9.17, 15) is 4.79 Å². The minimum atomic E-state index is -1.02. The standard InChI is InChI=1S/C12H12N2O3/c1-14(7-9-4-5-17-8-9)10-2-3-11(12(15)16)13-6-10/h2-6,8H,7H2,1H3,(H,15,16). The van der Waals surface area contributed by atoms with E-state index in [4.69, 9.17) is 9.52 Å². The maximum absolute atomic E-state index is 10.6. The van der Waals surface area contributed by atoms with Gasteiger partial charge in [-0.1, -0.05) is 0 Å². The molecule has 0 amide bonds. The molecule has 0 saturated carbocycles. The summed E-state index contributed by atoms with van der Waals surface area (Å²) in [5, 5.41) is 8.73. The van der Waals surface area contributed by atoms with Crippen molar-refractivity contribution in [3.8, 4) is 0 Å². The van der Waals surface area contributed by atoms with Crippen LogP contribution in [0.25, 0.3) is 0 Å². The van der Waals surface area contributed by atoms with Crippen LogP contribution in [0.3, 0.4) is 0 Å². The molecule has 0 aliphatic heterocycles. The lowest BCUT2D eigenvalue weighted by molar-refractivity contribution is 0.0690. The first-order chi connectivity index (χ1) is 8.16. The Labute approximate surface area is 98.3 Å². The predicted molar refractivity (Wildman–Crippen MR) is 62.0 cm³/mol. The summed E-state index contributed by atoms with van der Waals surface area (Å²) < 4.78 is 4.98. The van der Waals surface area contributed by atoms with Crippen LogP contribution in [-0.2, 0) is 6.54 Å². The smallest absolute Gasteiger partial charge is 0.354 e. The molecule has 0 aromatic carbocycles. The van der Waals surface area contributed by atoms with Crippen molar-refractivity contribution in [3.63, 3.8) is 0 Å². The first-order valence-electron chi connectivity index (χ1n) is 5.08. The highest BCUT2D eigenvalue weighted by atomic mass is 16.4. The second-order valence-corrected chi connectivity index (χ2v) is 3.69. The first kappa shape index (κ1) is 11.2. The van der Waals surface area contributed by atoms with Gasteiger partial charge in [-0.15, -0.1) is 0 Å². The quantitative estimate of drug-likeness (QED) is 0.873. The van der Waals surface area contributed by atoms with Crippen LogP contribution >= 0.6 is 0 Å². The number of nitrogens with zero attached hydrogens (tertiary/aromatic N) is 2. The topological polar surface area (TPSA) is 66.6 Å². The first-order valence-corrected chi connectivity index (χ1v) is 5.08. The molecular formula is C12H12N2O3. The molecule has 2 aromatic rings. The van der Waals surface area contributed by atoms with Crippen LogP contribution in [0.4, 0.5) is 5.69 Å². The summed E-state index contributed by atoms with van der Waals surface area (Å²) in [7, 11) is 1.91. The number of carbonyl (C=O) groups is 1. The molecule has 0 saturated heterocycles. The van der Waals surface area contributed by atoms with Crippen LogP contribution in [0.15, 0.2) is 41.3 Å². The second-order valence-electron chi connectivity index (χ2n) is 3.69. The van der Waals surface area contributed by atoms with Gasteiger partial charge in [-0.25, -0.2) is 9.78 Å². The van der Waals surface area contributed by atoms with Gasteiger partial charge in [-0.3, -0.25) is 0 Å². The zero-order chi connectivity index (χ0) is 12.3. The van der Waals surface area contributed by atoms with E-state index in [2.05, 4.69) is 4.98 Å². The Balaban J connectivity index is 2.09. The van der Waals surface area contributed by atoms with E-state index in [1.54, 1.807) is 24.8 Å². The van der Waals surface area contributed by atoms with Gasteiger partial charge in [0.25, 0.3) is 0 Å². The zero-order valence-corrected chi connectivity index (χ0v) is 9.33. The number of aromatic carboxylic acids is 1. The lowest BCUT2D eigenvalue weighted by Crippen LogP contribution is -2.16. The Hall–Kier alpha value is -2.30. The molecule has 17 heavy (non-hydrogen) atoms. The van der Waals surface area contributed by atoms with Crippen molar-refractivity contribution in [1.29, 1.82) is 0 Å². The molecule has 0 spiro atoms. The van der Waals surface area contributed by atoms with Crippen LogP contribution < -0.4 is 4.90 Å². The molecular weight excluding hydrogens is 220 g/mol. The predicted octanol–water partition coefficient (Wildman–Crippen LogP) is 2.01. The summed E-state index contributed by atoms with van der Waals surface area (Å²) in [5.41, 5.74) is 1.96. The van der Waals surface area contributed by atoms with Crippen molar-refractivity contribution in [1.82, 2.24) is 4.98 Å². The lowest BCUT2D eigenvalue weighted by atomic mass is 10.3. The average molecular weight is 232 g/mol.